The predicted octanol–water partition coefficient (Wildman–Crippen LogP) is 4.17. The van der Waals surface area contributed by atoms with Crippen molar-refractivity contribution in [1.82, 2.24) is 5.32 Å². The van der Waals surface area contributed by atoms with E-state index in [9.17, 15) is 14.0 Å². The molecule has 0 aromatic heterocycles. The molecule has 0 saturated heterocycles. The Labute approximate surface area is 166 Å². The van der Waals surface area contributed by atoms with E-state index in [1.165, 1.54) is 18.2 Å². The van der Waals surface area contributed by atoms with Crippen LogP contribution in [-0.2, 0) is 14.3 Å². The van der Waals surface area contributed by atoms with Gasteiger partial charge in [0.2, 0.25) is 0 Å². The molecule has 7 heteroatoms. The number of rotatable bonds is 8. The van der Waals surface area contributed by atoms with Gasteiger partial charge in [0.15, 0.2) is 6.61 Å². The van der Waals surface area contributed by atoms with Crippen LogP contribution in [0.5, 0.6) is 5.75 Å². The van der Waals surface area contributed by atoms with Crippen LogP contribution in [0.1, 0.15) is 31.9 Å². The zero-order valence-corrected chi connectivity index (χ0v) is 16.7. The predicted molar refractivity (Wildman–Crippen MR) is 103 cm³/mol. The van der Waals surface area contributed by atoms with Crippen LogP contribution in [0.4, 0.5) is 4.39 Å². The molecule has 0 aliphatic rings. The minimum Gasteiger partial charge on any atom is -0.483 e. The van der Waals surface area contributed by atoms with Gasteiger partial charge in [0.1, 0.15) is 11.6 Å². The van der Waals surface area contributed by atoms with Crippen molar-refractivity contribution >= 4 is 27.8 Å². The first kappa shape index (κ1) is 20.9. The van der Waals surface area contributed by atoms with Gasteiger partial charge in [-0.05, 0) is 53.5 Å². The second kappa shape index (κ2) is 10.1. The zero-order chi connectivity index (χ0) is 19.8. The summed E-state index contributed by atoms with van der Waals surface area (Å²) in [6.45, 7) is 3.26. The fourth-order valence-electron chi connectivity index (χ4n) is 2.39. The minimum atomic E-state index is -0.537. The fourth-order valence-corrected chi connectivity index (χ4v) is 2.85. The number of esters is 1. The first-order valence-corrected chi connectivity index (χ1v) is 9.26. The van der Waals surface area contributed by atoms with E-state index in [1.807, 2.05) is 30.3 Å². The van der Waals surface area contributed by atoms with Gasteiger partial charge in [-0.1, -0.05) is 30.3 Å². The Bertz CT molecular complexity index is 783. The number of benzene rings is 2. The second-order valence-corrected chi connectivity index (χ2v) is 6.99. The van der Waals surface area contributed by atoms with E-state index < -0.39 is 23.7 Å². The Morgan fingerprint density at radius 1 is 1.15 bits per heavy atom. The van der Waals surface area contributed by atoms with E-state index >= 15 is 0 Å². The summed E-state index contributed by atoms with van der Waals surface area (Å²) >= 11 is 3.18. The number of hydrogen-bond acceptors (Lipinski definition) is 4. The van der Waals surface area contributed by atoms with Gasteiger partial charge in [-0.25, -0.2) is 4.39 Å². The van der Waals surface area contributed by atoms with E-state index in [0.717, 1.165) is 5.56 Å². The maximum absolute atomic E-state index is 13.1. The molecule has 1 amide bonds. The van der Waals surface area contributed by atoms with Crippen LogP contribution in [-0.4, -0.2) is 24.6 Å². The van der Waals surface area contributed by atoms with Gasteiger partial charge in [0.25, 0.3) is 5.91 Å². The van der Waals surface area contributed by atoms with Crippen molar-refractivity contribution in [2.75, 3.05) is 6.61 Å². The van der Waals surface area contributed by atoms with Gasteiger partial charge >= 0.3 is 5.97 Å². The number of amides is 1. The molecule has 2 aromatic carbocycles. The lowest BCUT2D eigenvalue weighted by Gasteiger charge is -2.19. The van der Waals surface area contributed by atoms with Crippen LogP contribution in [0.25, 0.3) is 0 Å². The van der Waals surface area contributed by atoms with Gasteiger partial charge in [0, 0.05) is 0 Å². The number of carbonyl (C=O) groups is 2. The van der Waals surface area contributed by atoms with Crippen LogP contribution in [0, 0.1) is 5.82 Å². The summed E-state index contributed by atoms with van der Waals surface area (Å²) in [6, 6.07) is 12.5. The molecule has 27 heavy (non-hydrogen) atoms. The molecule has 0 spiro atoms. The minimum absolute atomic E-state index is 0.00811. The van der Waals surface area contributed by atoms with Crippen LogP contribution in [0.15, 0.2) is 53.0 Å². The molecule has 0 aliphatic heterocycles. The summed E-state index contributed by atoms with van der Waals surface area (Å²) in [5, 5.41) is 2.78. The van der Waals surface area contributed by atoms with Crippen molar-refractivity contribution < 1.29 is 23.5 Å². The summed E-state index contributed by atoms with van der Waals surface area (Å²) in [5.74, 6) is -0.868. The highest BCUT2D eigenvalue weighted by molar-refractivity contribution is 9.10. The number of halogens is 2. The van der Waals surface area contributed by atoms with Gasteiger partial charge < -0.3 is 14.8 Å². The molecule has 0 aliphatic carbocycles. The third kappa shape index (κ3) is 7.02. The molecular weight excluding hydrogens is 417 g/mol. The Balaban J connectivity index is 2.01. The lowest BCUT2D eigenvalue weighted by molar-refractivity contribution is -0.148. The summed E-state index contributed by atoms with van der Waals surface area (Å²) in [4.78, 5) is 24.3. The van der Waals surface area contributed by atoms with Crippen molar-refractivity contribution in [3.8, 4) is 5.75 Å². The SMILES string of the molecule is CC(C)OC(=O)CC(NC(=O)COc1ccc(F)cc1Br)c1ccccc1. The Hall–Kier alpha value is -2.41. The summed E-state index contributed by atoms with van der Waals surface area (Å²) in [7, 11) is 0. The van der Waals surface area contributed by atoms with Crippen LogP contribution in [0.3, 0.4) is 0 Å². The molecule has 0 saturated carbocycles. The van der Waals surface area contributed by atoms with Crippen molar-refractivity contribution in [3.63, 3.8) is 0 Å². The highest BCUT2D eigenvalue weighted by Gasteiger charge is 2.20. The van der Waals surface area contributed by atoms with Crippen LogP contribution >= 0.6 is 15.9 Å². The first-order valence-electron chi connectivity index (χ1n) is 8.46. The molecule has 0 fully saturated rings. The standard InChI is InChI=1S/C20H21BrFNO4/c1-13(2)27-20(25)11-17(14-6-4-3-5-7-14)23-19(24)12-26-18-9-8-15(22)10-16(18)21/h3-10,13,17H,11-12H2,1-2H3,(H,23,24). The summed E-state index contributed by atoms with van der Waals surface area (Å²) in [5.41, 5.74) is 0.787. The molecule has 1 unspecified atom stereocenters. The Kier molecular flexibility index (Phi) is 7.79. The monoisotopic (exact) mass is 437 g/mol. The molecule has 2 aromatic rings. The van der Waals surface area contributed by atoms with E-state index in [4.69, 9.17) is 9.47 Å². The number of ether oxygens (including phenoxy) is 2. The normalized spacial score (nSPS) is 11.7. The van der Waals surface area contributed by atoms with Crippen LogP contribution in [0.2, 0.25) is 0 Å². The molecule has 0 radical (unpaired) electrons. The smallest absolute Gasteiger partial charge is 0.308 e. The zero-order valence-electron chi connectivity index (χ0n) is 15.1. The lowest BCUT2D eigenvalue weighted by atomic mass is 10.0. The molecule has 144 valence electrons. The van der Waals surface area contributed by atoms with Crippen molar-refractivity contribution in [1.29, 1.82) is 0 Å². The molecule has 1 atom stereocenters. The summed E-state index contributed by atoms with van der Waals surface area (Å²) < 4.78 is 24.1. The maximum atomic E-state index is 13.1. The molecule has 2 rings (SSSR count). The topological polar surface area (TPSA) is 64.6 Å². The quantitative estimate of drug-likeness (QED) is 0.629. The average Bonchev–Trinajstić information content (AvgIpc) is 2.60. The van der Waals surface area contributed by atoms with Crippen LogP contribution < -0.4 is 10.1 Å². The maximum Gasteiger partial charge on any atom is 0.308 e. The summed E-state index contributed by atoms with van der Waals surface area (Å²) in [6.07, 6.45) is -0.224. The lowest BCUT2D eigenvalue weighted by Crippen LogP contribution is -2.34. The average molecular weight is 438 g/mol. The Morgan fingerprint density at radius 3 is 2.48 bits per heavy atom. The molecule has 1 N–H and O–H groups in total. The molecule has 0 bridgehead atoms. The fraction of sp³-hybridized carbons (Fsp3) is 0.300. The third-order valence-corrected chi connectivity index (χ3v) is 4.15. The number of carbonyl (C=O) groups excluding carboxylic acids is 2. The first-order chi connectivity index (χ1) is 12.8. The highest BCUT2D eigenvalue weighted by atomic mass is 79.9. The van der Waals surface area contributed by atoms with Gasteiger partial charge in [-0.2, -0.15) is 0 Å². The van der Waals surface area contributed by atoms with Crippen molar-refractivity contribution in [3.05, 3.63) is 64.4 Å². The largest absolute Gasteiger partial charge is 0.483 e. The molecule has 5 nitrogen and oxygen atoms in total. The Morgan fingerprint density at radius 2 is 1.85 bits per heavy atom. The van der Waals surface area contributed by atoms with E-state index in [2.05, 4.69) is 21.2 Å². The van der Waals surface area contributed by atoms with Gasteiger partial charge in [-0.3, -0.25) is 9.59 Å². The number of hydrogen-bond donors (Lipinski definition) is 1. The highest BCUT2D eigenvalue weighted by Crippen LogP contribution is 2.25. The van der Waals surface area contributed by atoms with E-state index in [0.29, 0.717) is 10.2 Å². The number of nitrogens with one attached hydrogen (secondary N) is 1. The van der Waals surface area contributed by atoms with Gasteiger partial charge in [-0.15, -0.1) is 0 Å². The van der Waals surface area contributed by atoms with Crippen molar-refractivity contribution in [2.24, 2.45) is 0 Å². The van der Waals surface area contributed by atoms with Crippen molar-refractivity contribution in [2.45, 2.75) is 32.4 Å². The molecule has 0 heterocycles. The van der Waals surface area contributed by atoms with E-state index in [-0.39, 0.29) is 19.1 Å². The third-order valence-electron chi connectivity index (χ3n) is 3.53. The molecular formula is C20H21BrFNO4. The van der Waals surface area contributed by atoms with Gasteiger partial charge in [0.05, 0.1) is 23.0 Å². The second-order valence-electron chi connectivity index (χ2n) is 6.14. The van der Waals surface area contributed by atoms with E-state index in [1.54, 1.807) is 13.8 Å².